The lowest BCUT2D eigenvalue weighted by Crippen LogP contribution is -2.30. The van der Waals surface area contributed by atoms with Gasteiger partial charge in [-0.05, 0) is 24.6 Å². The van der Waals surface area contributed by atoms with Gasteiger partial charge in [0, 0.05) is 5.92 Å². The Kier molecular flexibility index (Phi) is 4.35. The van der Waals surface area contributed by atoms with Crippen molar-refractivity contribution >= 4 is 5.91 Å². The predicted molar refractivity (Wildman–Crippen MR) is 64.4 cm³/mol. The molecular weight excluding hydrogens is 202 g/mol. The van der Waals surface area contributed by atoms with Gasteiger partial charge < -0.3 is 10.1 Å². The van der Waals surface area contributed by atoms with Crippen LogP contribution in [0, 0.1) is 5.92 Å². The molecule has 16 heavy (non-hydrogen) atoms. The number of carbonyl (C=O) groups excluding carboxylic acids is 1. The van der Waals surface area contributed by atoms with E-state index in [1.54, 1.807) is 7.11 Å². The van der Waals surface area contributed by atoms with Gasteiger partial charge in [-0.1, -0.05) is 26.0 Å². The molecular formula is C13H19NO2. The van der Waals surface area contributed by atoms with Crippen LogP contribution in [0.3, 0.4) is 0 Å². The Morgan fingerprint density at radius 1 is 1.31 bits per heavy atom. The third-order valence-electron chi connectivity index (χ3n) is 2.48. The number of amides is 1. The van der Waals surface area contributed by atoms with Gasteiger partial charge in [0.25, 0.3) is 0 Å². The topological polar surface area (TPSA) is 38.3 Å². The molecule has 0 saturated carbocycles. The maximum atomic E-state index is 11.5. The van der Waals surface area contributed by atoms with Gasteiger partial charge in [0.2, 0.25) is 5.91 Å². The van der Waals surface area contributed by atoms with Gasteiger partial charge in [0.15, 0.2) is 0 Å². The molecule has 88 valence electrons. The summed E-state index contributed by atoms with van der Waals surface area (Å²) in [7, 11) is 1.64. The number of hydrogen-bond donors (Lipinski definition) is 1. The van der Waals surface area contributed by atoms with E-state index in [1.165, 1.54) is 0 Å². The average molecular weight is 221 g/mol. The van der Waals surface area contributed by atoms with Crippen molar-refractivity contribution in [2.45, 2.75) is 26.8 Å². The summed E-state index contributed by atoms with van der Waals surface area (Å²) in [5.41, 5.74) is 1.05. The molecule has 0 saturated heterocycles. The number of ether oxygens (including phenoxy) is 1. The standard InChI is InChI=1S/C13H19NO2/c1-9(2)13(15)14-10(3)11-6-5-7-12(8-11)16-4/h5-10H,1-4H3,(H,14,15). The molecule has 3 nitrogen and oxygen atoms in total. The highest BCUT2D eigenvalue weighted by Crippen LogP contribution is 2.18. The van der Waals surface area contributed by atoms with E-state index in [2.05, 4.69) is 5.32 Å². The highest BCUT2D eigenvalue weighted by molar-refractivity contribution is 5.78. The lowest BCUT2D eigenvalue weighted by atomic mass is 10.1. The van der Waals surface area contributed by atoms with Crippen LogP contribution in [0.15, 0.2) is 24.3 Å². The first-order chi connectivity index (χ1) is 7.54. The molecule has 1 amide bonds. The molecule has 0 radical (unpaired) electrons. The smallest absolute Gasteiger partial charge is 0.223 e. The molecule has 0 aromatic heterocycles. The fourth-order valence-electron chi connectivity index (χ4n) is 1.37. The Morgan fingerprint density at radius 3 is 2.56 bits per heavy atom. The number of rotatable bonds is 4. The lowest BCUT2D eigenvalue weighted by molar-refractivity contribution is -0.124. The van der Waals surface area contributed by atoms with Crippen molar-refractivity contribution < 1.29 is 9.53 Å². The van der Waals surface area contributed by atoms with Crippen LogP contribution in [-0.2, 0) is 4.79 Å². The van der Waals surface area contributed by atoms with Gasteiger partial charge in [-0.3, -0.25) is 4.79 Å². The van der Waals surface area contributed by atoms with E-state index in [0.29, 0.717) is 0 Å². The van der Waals surface area contributed by atoms with Crippen molar-refractivity contribution in [1.29, 1.82) is 0 Å². The van der Waals surface area contributed by atoms with Crippen molar-refractivity contribution in [1.82, 2.24) is 5.32 Å². The molecule has 0 aliphatic heterocycles. The van der Waals surface area contributed by atoms with Gasteiger partial charge >= 0.3 is 0 Å². The van der Waals surface area contributed by atoms with Gasteiger partial charge in [0.1, 0.15) is 5.75 Å². The van der Waals surface area contributed by atoms with E-state index < -0.39 is 0 Å². The van der Waals surface area contributed by atoms with Crippen molar-refractivity contribution in [2.24, 2.45) is 5.92 Å². The van der Waals surface area contributed by atoms with Gasteiger partial charge in [-0.2, -0.15) is 0 Å². The number of carbonyl (C=O) groups is 1. The van der Waals surface area contributed by atoms with Crippen LogP contribution in [-0.4, -0.2) is 13.0 Å². The summed E-state index contributed by atoms with van der Waals surface area (Å²) in [4.78, 5) is 11.5. The van der Waals surface area contributed by atoms with Crippen LogP contribution in [0.2, 0.25) is 0 Å². The quantitative estimate of drug-likeness (QED) is 0.848. The van der Waals surface area contributed by atoms with E-state index in [0.717, 1.165) is 11.3 Å². The molecule has 0 bridgehead atoms. The zero-order valence-electron chi connectivity index (χ0n) is 10.3. The summed E-state index contributed by atoms with van der Waals surface area (Å²) in [6.45, 7) is 5.73. The largest absolute Gasteiger partial charge is 0.497 e. The molecule has 1 rings (SSSR count). The molecule has 1 unspecified atom stereocenters. The first kappa shape index (κ1) is 12.6. The zero-order chi connectivity index (χ0) is 12.1. The Labute approximate surface area is 96.8 Å². The SMILES string of the molecule is COc1cccc(C(C)NC(=O)C(C)C)c1. The lowest BCUT2D eigenvalue weighted by Gasteiger charge is -2.16. The molecule has 1 N–H and O–H groups in total. The number of methoxy groups -OCH3 is 1. The maximum Gasteiger partial charge on any atom is 0.223 e. The fourth-order valence-corrected chi connectivity index (χ4v) is 1.37. The Morgan fingerprint density at radius 2 is 2.00 bits per heavy atom. The van der Waals surface area contributed by atoms with Gasteiger partial charge in [-0.25, -0.2) is 0 Å². The van der Waals surface area contributed by atoms with E-state index in [-0.39, 0.29) is 17.9 Å². The van der Waals surface area contributed by atoms with E-state index in [9.17, 15) is 4.79 Å². The summed E-state index contributed by atoms with van der Waals surface area (Å²) in [6.07, 6.45) is 0. The minimum Gasteiger partial charge on any atom is -0.497 e. The first-order valence-electron chi connectivity index (χ1n) is 5.49. The summed E-state index contributed by atoms with van der Waals surface area (Å²) in [5, 5.41) is 2.95. The average Bonchev–Trinajstić information content (AvgIpc) is 2.28. The van der Waals surface area contributed by atoms with Gasteiger partial charge in [-0.15, -0.1) is 0 Å². The molecule has 0 heterocycles. The van der Waals surface area contributed by atoms with Crippen LogP contribution in [0.1, 0.15) is 32.4 Å². The second-order valence-corrected chi connectivity index (χ2v) is 4.16. The van der Waals surface area contributed by atoms with Crippen LogP contribution in [0.4, 0.5) is 0 Å². The minimum absolute atomic E-state index is 0.00463. The van der Waals surface area contributed by atoms with Crippen molar-refractivity contribution in [3.63, 3.8) is 0 Å². The summed E-state index contributed by atoms with van der Waals surface area (Å²) >= 11 is 0. The minimum atomic E-state index is 0.00463. The highest BCUT2D eigenvalue weighted by atomic mass is 16.5. The van der Waals surface area contributed by atoms with Crippen LogP contribution >= 0.6 is 0 Å². The number of hydrogen-bond acceptors (Lipinski definition) is 2. The summed E-state index contributed by atoms with van der Waals surface area (Å²) < 4.78 is 5.14. The maximum absolute atomic E-state index is 11.5. The molecule has 1 aromatic rings. The molecule has 1 aromatic carbocycles. The number of benzene rings is 1. The molecule has 0 aliphatic rings. The monoisotopic (exact) mass is 221 g/mol. The van der Waals surface area contributed by atoms with Crippen LogP contribution in [0.5, 0.6) is 5.75 Å². The van der Waals surface area contributed by atoms with Crippen molar-refractivity contribution in [3.8, 4) is 5.75 Å². The molecule has 1 atom stereocenters. The van der Waals surface area contributed by atoms with Crippen molar-refractivity contribution in [3.05, 3.63) is 29.8 Å². The summed E-state index contributed by atoms with van der Waals surface area (Å²) in [6, 6.07) is 7.73. The van der Waals surface area contributed by atoms with E-state index in [1.807, 2.05) is 45.0 Å². The third-order valence-corrected chi connectivity index (χ3v) is 2.48. The summed E-state index contributed by atoms with van der Waals surface area (Å²) in [5.74, 6) is 0.881. The molecule has 0 aliphatic carbocycles. The zero-order valence-corrected chi connectivity index (χ0v) is 10.3. The molecule has 0 spiro atoms. The van der Waals surface area contributed by atoms with Crippen molar-refractivity contribution in [2.75, 3.05) is 7.11 Å². The van der Waals surface area contributed by atoms with Crippen LogP contribution < -0.4 is 10.1 Å². The third kappa shape index (κ3) is 3.26. The molecule has 0 fully saturated rings. The first-order valence-corrected chi connectivity index (χ1v) is 5.49. The Balaban J connectivity index is 2.72. The molecule has 3 heteroatoms. The Bertz CT molecular complexity index is 361. The Hall–Kier alpha value is -1.51. The van der Waals surface area contributed by atoms with Crippen LogP contribution in [0.25, 0.3) is 0 Å². The highest BCUT2D eigenvalue weighted by Gasteiger charge is 2.12. The normalized spacial score (nSPS) is 12.3. The predicted octanol–water partition coefficient (Wildman–Crippen LogP) is 2.53. The van der Waals surface area contributed by atoms with Gasteiger partial charge in [0.05, 0.1) is 13.2 Å². The fraction of sp³-hybridized carbons (Fsp3) is 0.462. The number of nitrogens with one attached hydrogen (secondary N) is 1. The van der Waals surface area contributed by atoms with E-state index in [4.69, 9.17) is 4.74 Å². The second kappa shape index (κ2) is 5.54. The van der Waals surface area contributed by atoms with E-state index >= 15 is 0 Å². The second-order valence-electron chi connectivity index (χ2n) is 4.16.